The molecule has 90 valence electrons. The average molecular weight is 226 g/mol. The first-order valence-corrected chi connectivity index (χ1v) is 5.59. The van der Waals surface area contributed by atoms with Crippen molar-refractivity contribution in [1.29, 1.82) is 0 Å². The molecule has 0 aliphatic rings. The van der Waals surface area contributed by atoms with E-state index in [1.165, 1.54) is 0 Å². The van der Waals surface area contributed by atoms with Gasteiger partial charge in [-0.1, -0.05) is 13.8 Å². The second-order valence-corrected chi connectivity index (χ2v) is 3.91. The Balaban J connectivity index is 2.35. The number of hydrogen-bond acceptors (Lipinski definition) is 3. The van der Waals surface area contributed by atoms with Crippen LogP contribution in [0.25, 0.3) is 0 Å². The number of rotatable bonds is 7. The van der Waals surface area contributed by atoms with Crippen molar-refractivity contribution in [3.63, 3.8) is 0 Å². The standard InChI is InChI=1S/C12H19FN2O/c1-10(2)14-8-11-4-5-12(9-15-11)16-7-3-6-13/h4-5,9-10,14H,3,6-8H2,1-2H3. The minimum atomic E-state index is -0.343. The van der Waals surface area contributed by atoms with Crippen LogP contribution in [0.5, 0.6) is 5.75 Å². The molecule has 1 aromatic heterocycles. The number of hydrogen-bond donors (Lipinski definition) is 1. The summed E-state index contributed by atoms with van der Waals surface area (Å²) >= 11 is 0. The Bertz CT molecular complexity index is 288. The zero-order valence-electron chi connectivity index (χ0n) is 9.87. The molecule has 0 aromatic carbocycles. The van der Waals surface area contributed by atoms with E-state index in [1.54, 1.807) is 6.20 Å². The lowest BCUT2D eigenvalue weighted by atomic mass is 10.3. The molecule has 4 heteroatoms. The van der Waals surface area contributed by atoms with Gasteiger partial charge < -0.3 is 10.1 Å². The summed E-state index contributed by atoms with van der Waals surface area (Å²) in [4.78, 5) is 4.25. The molecule has 16 heavy (non-hydrogen) atoms. The third kappa shape index (κ3) is 5.07. The number of pyridine rings is 1. The van der Waals surface area contributed by atoms with Crippen molar-refractivity contribution < 1.29 is 9.13 Å². The fourth-order valence-corrected chi connectivity index (χ4v) is 1.15. The van der Waals surface area contributed by atoms with Crippen LogP contribution in [-0.4, -0.2) is 24.3 Å². The van der Waals surface area contributed by atoms with Crippen molar-refractivity contribution in [1.82, 2.24) is 10.3 Å². The molecule has 0 saturated heterocycles. The fraction of sp³-hybridized carbons (Fsp3) is 0.583. The SMILES string of the molecule is CC(C)NCc1ccc(OCCCF)cn1. The van der Waals surface area contributed by atoms with Crippen LogP contribution in [-0.2, 0) is 6.54 Å². The van der Waals surface area contributed by atoms with Crippen molar-refractivity contribution in [3.05, 3.63) is 24.0 Å². The van der Waals surface area contributed by atoms with E-state index in [9.17, 15) is 4.39 Å². The Morgan fingerprint density at radius 2 is 2.25 bits per heavy atom. The van der Waals surface area contributed by atoms with Crippen molar-refractivity contribution in [2.24, 2.45) is 0 Å². The van der Waals surface area contributed by atoms with Crippen LogP contribution in [0.15, 0.2) is 18.3 Å². The number of nitrogens with one attached hydrogen (secondary N) is 1. The molecule has 0 unspecified atom stereocenters. The molecule has 0 aliphatic heterocycles. The molecular formula is C12H19FN2O. The molecule has 0 atom stereocenters. The quantitative estimate of drug-likeness (QED) is 0.724. The largest absolute Gasteiger partial charge is 0.492 e. The third-order valence-electron chi connectivity index (χ3n) is 2.04. The summed E-state index contributed by atoms with van der Waals surface area (Å²) in [6.07, 6.45) is 2.10. The lowest BCUT2D eigenvalue weighted by Gasteiger charge is -2.08. The molecule has 0 aliphatic carbocycles. The Hall–Kier alpha value is -1.16. The van der Waals surface area contributed by atoms with Gasteiger partial charge in [-0.15, -0.1) is 0 Å². The summed E-state index contributed by atoms with van der Waals surface area (Å²) in [5.41, 5.74) is 0.978. The lowest BCUT2D eigenvalue weighted by Crippen LogP contribution is -2.22. The Labute approximate surface area is 96.0 Å². The van der Waals surface area contributed by atoms with Crippen molar-refractivity contribution in [2.45, 2.75) is 32.9 Å². The molecule has 3 nitrogen and oxygen atoms in total. The van der Waals surface area contributed by atoms with Gasteiger partial charge in [-0.3, -0.25) is 9.37 Å². The van der Waals surface area contributed by atoms with E-state index < -0.39 is 0 Å². The van der Waals surface area contributed by atoms with Gasteiger partial charge in [0.2, 0.25) is 0 Å². The monoisotopic (exact) mass is 226 g/mol. The Morgan fingerprint density at radius 1 is 1.44 bits per heavy atom. The van der Waals surface area contributed by atoms with E-state index in [2.05, 4.69) is 24.1 Å². The molecule has 0 fully saturated rings. The van der Waals surface area contributed by atoms with Gasteiger partial charge in [0.1, 0.15) is 5.75 Å². The van der Waals surface area contributed by atoms with E-state index in [4.69, 9.17) is 4.74 Å². The zero-order valence-corrected chi connectivity index (χ0v) is 9.87. The molecule has 0 saturated carbocycles. The van der Waals surface area contributed by atoms with Crippen LogP contribution in [0, 0.1) is 0 Å². The van der Waals surface area contributed by atoms with Gasteiger partial charge in [0.15, 0.2) is 0 Å². The van der Waals surface area contributed by atoms with Gasteiger partial charge in [-0.05, 0) is 12.1 Å². The van der Waals surface area contributed by atoms with E-state index in [-0.39, 0.29) is 6.67 Å². The van der Waals surface area contributed by atoms with Gasteiger partial charge in [0.25, 0.3) is 0 Å². The molecular weight excluding hydrogens is 207 g/mol. The van der Waals surface area contributed by atoms with Crippen molar-refractivity contribution >= 4 is 0 Å². The van der Waals surface area contributed by atoms with E-state index in [0.29, 0.717) is 24.8 Å². The first kappa shape index (κ1) is 12.9. The second-order valence-electron chi connectivity index (χ2n) is 3.91. The summed E-state index contributed by atoms with van der Waals surface area (Å²) in [5.74, 6) is 0.696. The maximum Gasteiger partial charge on any atom is 0.137 e. The first-order valence-electron chi connectivity index (χ1n) is 5.59. The normalized spacial score (nSPS) is 10.8. The van der Waals surface area contributed by atoms with Gasteiger partial charge in [0.05, 0.1) is 25.2 Å². The number of halogens is 1. The van der Waals surface area contributed by atoms with Crippen LogP contribution in [0.2, 0.25) is 0 Å². The summed E-state index contributed by atoms with van der Waals surface area (Å²) in [6.45, 7) is 5.00. The third-order valence-corrected chi connectivity index (χ3v) is 2.04. The van der Waals surface area contributed by atoms with E-state index in [0.717, 1.165) is 12.2 Å². The molecule has 1 aromatic rings. The van der Waals surface area contributed by atoms with Crippen molar-refractivity contribution in [2.75, 3.05) is 13.3 Å². The highest BCUT2D eigenvalue weighted by Gasteiger charge is 1.98. The first-order chi connectivity index (χ1) is 7.72. The highest BCUT2D eigenvalue weighted by atomic mass is 19.1. The molecule has 0 bridgehead atoms. The maximum absolute atomic E-state index is 11.8. The van der Waals surface area contributed by atoms with Crippen LogP contribution in [0.3, 0.4) is 0 Å². The van der Waals surface area contributed by atoms with Gasteiger partial charge >= 0.3 is 0 Å². The molecule has 1 rings (SSSR count). The van der Waals surface area contributed by atoms with Gasteiger partial charge in [-0.2, -0.15) is 0 Å². The van der Waals surface area contributed by atoms with E-state index >= 15 is 0 Å². The van der Waals surface area contributed by atoms with Crippen LogP contribution < -0.4 is 10.1 Å². The summed E-state index contributed by atoms with van der Waals surface area (Å²) < 4.78 is 17.1. The topological polar surface area (TPSA) is 34.1 Å². The molecule has 0 spiro atoms. The highest BCUT2D eigenvalue weighted by Crippen LogP contribution is 2.09. The smallest absolute Gasteiger partial charge is 0.137 e. The molecule has 0 radical (unpaired) electrons. The van der Waals surface area contributed by atoms with Crippen LogP contribution in [0.4, 0.5) is 4.39 Å². The Morgan fingerprint density at radius 3 is 2.81 bits per heavy atom. The van der Waals surface area contributed by atoms with Crippen LogP contribution >= 0.6 is 0 Å². The maximum atomic E-state index is 11.8. The summed E-state index contributed by atoms with van der Waals surface area (Å²) in [7, 11) is 0. The van der Waals surface area contributed by atoms with Crippen LogP contribution in [0.1, 0.15) is 26.0 Å². The highest BCUT2D eigenvalue weighted by molar-refractivity contribution is 5.19. The summed E-state index contributed by atoms with van der Waals surface area (Å²) in [6, 6.07) is 4.23. The number of ether oxygens (including phenoxy) is 1. The second kappa shape index (κ2) is 7.17. The van der Waals surface area contributed by atoms with Gasteiger partial charge in [0, 0.05) is 19.0 Å². The number of alkyl halides is 1. The number of nitrogens with zero attached hydrogens (tertiary/aromatic N) is 1. The molecule has 1 N–H and O–H groups in total. The molecule has 0 amide bonds. The number of aromatic nitrogens is 1. The summed E-state index contributed by atoms with van der Waals surface area (Å²) in [5, 5.41) is 3.28. The molecule has 1 heterocycles. The van der Waals surface area contributed by atoms with Crippen molar-refractivity contribution in [3.8, 4) is 5.75 Å². The predicted molar refractivity (Wildman–Crippen MR) is 62.3 cm³/mol. The van der Waals surface area contributed by atoms with E-state index in [1.807, 2.05) is 12.1 Å². The minimum absolute atomic E-state index is 0.343. The zero-order chi connectivity index (χ0) is 11.8. The fourth-order valence-electron chi connectivity index (χ4n) is 1.15. The minimum Gasteiger partial charge on any atom is -0.492 e. The lowest BCUT2D eigenvalue weighted by molar-refractivity contribution is 0.288. The Kier molecular flexibility index (Phi) is 5.78. The average Bonchev–Trinajstić information content (AvgIpc) is 2.28. The van der Waals surface area contributed by atoms with Gasteiger partial charge in [-0.25, -0.2) is 0 Å². The predicted octanol–water partition coefficient (Wildman–Crippen LogP) is 2.32.